The predicted octanol–water partition coefficient (Wildman–Crippen LogP) is 4.57. The van der Waals surface area contributed by atoms with Crippen molar-refractivity contribution < 1.29 is 18.9 Å². The number of aromatic nitrogens is 1. The molecular formula is C31H38N4O4S. The van der Waals surface area contributed by atoms with E-state index >= 15 is 0 Å². The highest BCUT2D eigenvalue weighted by Crippen LogP contribution is 2.44. The largest absolute Gasteiger partial charge is 0.396 e. The van der Waals surface area contributed by atoms with Crippen LogP contribution >= 0.6 is 0 Å². The number of rotatable bonds is 8. The molecule has 1 aliphatic heterocycles. The van der Waals surface area contributed by atoms with Crippen molar-refractivity contribution in [2.75, 3.05) is 27.2 Å². The second-order valence-electron chi connectivity index (χ2n) is 11.1. The van der Waals surface area contributed by atoms with Crippen molar-refractivity contribution in [3.63, 3.8) is 0 Å². The van der Waals surface area contributed by atoms with Gasteiger partial charge in [0.2, 0.25) is 0 Å². The maximum absolute atomic E-state index is 13.6. The summed E-state index contributed by atoms with van der Waals surface area (Å²) < 4.78 is 15.0. The van der Waals surface area contributed by atoms with E-state index in [0.29, 0.717) is 36.5 Å². The quantitative estimate of drug-likeness (QED) is 0.419. The maximum atomic E-state index is 13.6. The highest BCUT2D eigenvalue weighted by molar-refractivity contribution is 7.84. The van der Waals surface area contributed by atoms with Gasteiger partial charge in [-0.25, -0.2) is 13.5 Å². The zero-order chi connectivity index (χ0) is 29.2. The Hall–Kier alpha value is -3.40. The molecule has 2 aromatic carbocycles. The zero-order valence-electron chi connectivity index (χ0n) is 24.0. The van der Waals surface area contributed by atoms with Crippen LogP contribution in [0.4, 0.5) is 0 Å². The summed E-state index contributed by atoms with van der Waals surface area (Å²) in [5, 5.41) is 12.8. The molecule has 0 radical (unpaired) electrons. The molecule has 1 aromatic heterocycles. The fraction of sp³-hybridized carbons (Fsp3) is 0.387. The number of carbonyl (C=O) groups is 2. The Balaban J connectivity index is 1.88. The van der Waals surface area contributed by atoms with Gasteiger partial charge in [-0.05, 0) is 75.1 Å². The average molecular weight is 563 g/mol. The molecule has 40 heavy (non-hydrogen) atoms. The second kappa shape index (κ2) is 12.0. The highest BCUT2D eigenvalue weighted by atomic mass is 32.2. The minimum absolute atomic E-state index is 0.0772. The third-order valence-corrected chi connectivity index (χ3v) is 8.70. The Bertz CT molecular complexity index is 1450. The summed E-state index contributed by atoms with van der Waals surface area (Å²) in [5.41, 5.74) is 5.87. The second-order valence-corrected chi connectivity index (χ2v) is 13.3. The minimum Gasteiger partial charge on any atom is -0.396 e. The molecule has 0 aliphatic carbocycles. The number of hydrogen-bond acceptors (Lipinski definition) is 5. The normalized spacial score (nSPS) is 15.9. The van der Waals surface area contributed by atoms with E-state index in [-0.39, 0.29) is 24.5 Å². The molecule has 0 bridgehead atoms. The van der Waals surface area contributed by atoms with Crippen LogP contribution in [-0.2, 0) is 17.5 Å². The van der Waals surface area contributed by atoms with Gasteiger partial charge in [0.1, 0.15) is 16.7 Å². The summed E-state index contributed by atoms with van der Waals surface area (Å²) in [6.07, 6.45) is 0.387. The topological polar surface area (TPSA) is 103 Å². The number of aliphatic hydroxyl groups excluding tert-OH is 1. The first-order valence-corrected chi connectivity index (χ1v) is 14.6. The van der Waals surface area contributed by atoms with E-state index in [9.17, 15) is 18.9 Å². The summed E-state index contributed by atoms with van der Waals surface area (Å²) >= 11 is 0. The molecule has 0 fully saturated rings. The lowest BCUT2D eigenvalue weighted by atomic mass is 9.93. The standard InChI is InChI=1S/C31H38N4O4S/c1-7-32-29(37)25-18-24-19-35(40(39)31(2,3)4)26(14-15-36)27(24)28(33-25)22-12-8-10-20(16-22)21-11-9-13-23(17-21)30(38)34(5)6/h8-13,16-18,26,36H,7,14-15,19H2,1-6H3,(H,32,37)/t26-,40?/m0/s1. The van der Waals surface area contributed by atoms with Crippen LogP contribution in [-0.4, -0.2) is 67.3 Å². The van der Waals surface area contributed by atoms with Crippen molar-refractivity contribution in [2.45, 2.75) is 51.4 Å². The number of amides is 2. The summed E-state index contributed by atoms with van der Waals surface area (Å²) in [6.45, 7) is 8.43. The molecule has 0 spiro atoms. The van der Waals surface area contributed by atoms with Gasteiger partial charge in [-0.3, -0.25) is 9.59 Å². The smallest absolute Gasteiger partial charge is 0.269 e. The molecule has 2 amide bonds. The van der Waals surface area contributed by atoms with E-state index in [0.717, 1.165) is 27.8 Å². The lowest BCUT2D eigenvalue weighted by molar-refractivity contribution is 0.0827. The van der Waals surface area contributed by atoms with Gasteiger partial charge < -0.3 is 15.3 Å². The number of pyridine rings is 1. The van der Waals surface area contributed by atoms with Crippen LogP contribution in [0.1, 0.15) is 72.1 Å². The number of hydrogen-bond donors (Lipinski definition) is 2. The first kappa shape index (κ1) is 29.6. The molecule has 8 nitrogen and oxygen atoms in total. The molecule has 3 aromatic rings. The third kappa shape index (κ3) is 6.01. The summed E-state index contributed by atoms with van der Waals surface area (Å²) in [7, 11) is 2.11. The summed E-state index contributed by atoms with van der Waals surface area (Å²) in [4.78, 5) is 31.9. The van der Waals surface area contributed by atoms with Gasteiger partial charge >= 0.3 is 0 Å². The molecule has 212 valence electrons. The first-order chi connectivity index (χ1) is 19.0. The number of benzene rings is 2. The number of nitrogens with zero attached hydrogens (tertiary/aromatic N) is 3. The van der Waals surface area contributed by atoms with E-state index in [1.807, 2.05) is 74.5 Å². The van der Waals surface area contributed by atoms with Gasteiger partial charge in [0, 0.05) is 50.5 Å². The van der Waals surface area contributed by atoms with Crippen LogP contribution in [0.5, 0.6) is 0 Å². The molecule has 1 unspecified atom stereocenters. The first-order valence-electron chi connectivity index (χ1n) is 13.5. The van der Waals surface area contributed by atoms with Crippen LogP contribution in [0.15, 0.2) is 54.6 Å². The maximum Gasteiger partial charge on any atom is 0.269 e. The Morgan fingerprint density at radius 1 is 1.07 bits per heavy atom. The van der Waals surface area contributed by atoms with E-state index in [1.54, 1.807) is 31.1 Å². The lowest BCUT2D eigenvalue weighted by Crippen LogP contribution is -2.36. The van der Waals surface area contributed by atoms with Crippen molar-refractivity contribution in [1.29, 1.82) is 0 Å². The Morgan fingerprint density at radius 2 is 1.73 bits per heavy atom. The van der Waals surface area contributed by atoms with E-state index in [2.05, 4.69) is 5.32 Å². The van der Waals surface area contributed by atoms with Gasteiger partial charge in [-0.2, -0.15) is 0 Å². The monoisotopic (exact) mass is 562 g/mol. The van der Waals surface area contributed by atoms with E-state index < -0.39 is 15.7 Å². The van der Waals surface area contributed by atoms with Crippen LogP contribution in [0.3, 0.4) is 0 Å². The van der Waals surface area contributed by atoms with Crippen LogP contribution in [0.2, 0.25) is 0 Å². The predicted molar refractivity (Wildman–Crippen MR) is 159 cm³/mol. The lowest BCUT2D eigenvalue weighted by Gasteiger charge is -2.30. The summed E-state index contributed by atoms with van der Waals surface area (Å²) in [5.74, 6) is -0.349. The van der Waals surface area contributed by atoms with E-state index in [4.69, 9.17) is 4.98 Å². The molecule has 9 heteroatoms. The Morgan fingerprint density at radius 3 is 2.35 bits per heavy atom. The fourth-order valence-corrected chi connectivity index (χ4v) is 6.39. The Kier molecular flexibility index (Phi) is 8.87. The molecule has 2 heterocycles. The van der Waals surface area contributed by atoms with Gasteiger partial charge in [-0.1, -0.05) is 30.3 Å². The number of carbonyl (C=O) groups excluding carboxylic acids is 2. The summed E-state index contributed by atoms with van der Waals surface area (Å²) in [6, 6.07) is 16.8. The SMILES string of the molecule is CCNC(=O)c1cc2c(c(-c3cccc(-c4cccc(C(=O)N(C)C)c4)c3)n1)[C@H](CCO)N(S(=O)C(C)(C)C)C2. The van der Waals surface area contributed by atoms with Gasteiger partial charge in [0.25, 0.3) is 11.8 Å². The molecule has 1 aliphatic rings. The fourth-order valence-electron chi connectivity index (χ4n) is 4.99. The van der Waals surface area contributed by atoms with Crippen molar-refractivity contribution in [3.05, 3.63) is 77.0 Å². The molecule has 0 saturated heterocycles. The zero-order valence-corrected chi connectivity index (χ0v) is 24.8. The molecule has 0 saturated carbocycles. The van der Waals surface area contributed by atoms with E-state index in [1.165, 1.54) is 0 Å². The van der Waals surface area contributed by atoms with Crippen LogP contribution in [0, 0.1) is 0 Å². The Labute approximate surface area is 239 Å². The van der Waals surface area contributed by atoms with Crippen LogP contribution in [0.25, 0.3) is 22.4 Å². The van der Waals surface area contributed by atoms with Crippen LogP contribution < -0.4 is 5.32 Å². The third-order valence-electron chi connectivity index (χ3n) is 6.85. The molecule has 4 rings (SSSR count). The number of nitrogens with one attached hydrogen (secondary N) is 1. The highest BCUT2D eigenvalue weighted by Gasteiger charge is 2.40. The molecule has 2 atom stereocenters. The van der Waals surface area contributed by atoms with Crippen molar-refractivity contribution in [1.82, 2.24) is 19.5 Å². The molecular weight excluding hydrogens is 524 g/mol. The van der Waals surface area contributed by atoms with Gasteiger partial charge in [0.05, 0.1) is 16.5 Å². The van der Waals surface area contributed by atoms with Crippen molar-refractivity contribution in [3.8, 4) is 22.4 Å². The van der Waals surface area contributed by atoms with Gasteiger partial charge in [0.15, 0.2) is 0 Å². The van der Waals surface area contributed by atoms with Crippen molar-refractivity contribution in [2.24, 2.45) is 0 Å². The number of fused-ring (bicyclic) bond motifs is 1. The molecule has 2 N–H and O–H groups in total. The number of aliphatic hydroxyl groups is 1. The van der Waals surface area contributed by atoms with Crippen molar-refractivity contribution >= 4 is 22.8 Å². The van der Waals surface area contributed by atoms with Gasteiger partial charge in [-0.15, -0.1) is 0 Å². The minimum atomic E-state index is -1.34. The average Bonchev–Trinajstić information content (AvgIpc) is 3.29.